The van der Waals surface area contributed by atoms with Crippen LogP contribution in [0.5, 0.6) is 5.75 Å². The topological polar surface area (TPSA) is 56.3 Å². The maximum absolute atomic E-state index is 12.3. The lowest BCUT2D eigenvalue weighted by Gasteiger charge is -2.10. The normalized spacial score (nSPS) is 13.7. The number of hydrogen-bond acceptors (Lipinski definition) is 4. The van der Waals surface area contributed by atoms with Gasteiger partial charge in [-0.2, -0.15) is 21.6 Å². The van der Waals surface area contributed by atoms with E-state index < -0.39 is 15.6 Å². The molecule has 110 valence electrons. The minimum atomic E-state index is -5.66. The van der Waals surface area contributed by atoms with Gasteiger partial charge in [-0.1, -0.05) is 12.1 Å². The summed E-state index contributed by atoms with van der Waals surface area (Å²) >= 11 is 0. The highest BCUT2D eigenvalue weighted by Gasteiger charge is 2.48. The fourth-order valence-corrected chi connectivity index (χ4v) is 2.64. The Morgan fingerprint density at radius 2 is 1.90 bits per heavy atom. The van der Waals surface area contributed by atoms with Crippen molar-refractivity contribution in [3.63, 3.8) is 0 Å². The summed E-state index contributed by atoms with van der Waals surface area (Å²) in [5.41, 5.74) is -2.40. The Balaban J connectivity index is 2.00. The van der Waals surface area contributed by atoms with Crippen molar-refractivity contribution >= 4 is 10.1 Å². The number of benzene rings is 1. The summed E-state index contributed by atoms with van der Waals surface area (Å²) in [7, 11) is -5.66. The van der Waals surface area contributed by atoms with Crippen LogP contribution < -0.4 is 4.18 Å². The van der Waals surface area contributed by atoms with Crippen molar-refractivity contribution in [2.24, 2.45) is 0 Å². The van der Waals surface area contributed by atoms with Gasteiger partial charge in [0.1, 0.15) is 5.75 Å². The quantitative estimate of drug-likeness (QED) is 0.539. The molecule has 1 aliphatic carbocycles. The fraction of sp³-hybridized carbons (Fsp3) is 0.154. The smallest absolute Gasteiger partial charge is 0.376 e. The summed E-state index contributed by atoms with van der Waals surface area (Å²) in [4.78, 5) is 4.18. The van der Waals surface area contributed by atoms with E-state index in [9.17, 15) is 21.6 Å². The fourth-order valence-electron chi connectivity index (χ4n) is 2.19. The van der Waals surface area contributed by atoms with Crippen LogP contribution in [0.25, 0.3) is 11.1 Å². The molecule has 0 aliphatic heterocycles. The lowest BCUT2D eigenvalue weighted by atomic mass is 10.1. The third kappa shape index (κ3) is 2.35. The molecule has 0 bridgehead atoms. The molecule has 0 atom stereocenters. The molecule has 3 rings (SSSR count). The van der Waals surface area contributed by atoms with Crippen LogP contribution in [-0.2, 0) is 16.5 Å². The van der Waals surface area contributed by atoms with E-state index in [2.05, 4.69) is 9.17 Å². The highest BCUT2D eigenvalue weighted by molar-refractivity contribution is 7.88. The molecule has 0 radical (unpaired) electrons. The minimum absolute atomic E-state index is 0.372. The van der Waals surface area contributed by atoms with Crippen molar-refractivity contribution in [3.8, 4) is 16.9 Å². The van der Waals surface area contributed by atoms with E-state index in [0.29, 0.717) is 12.0 Å². The van der Waals surface area contributed by atoms with Gasteiger partial charge in [-0.3, -0.25) is 4.98 Å². The first-order chi connectivity index (χ1) is 9.78. The molecule has 0 saturated heterocycles. The Bertz CT molecular complexity index is 816. The van der Waals surface area contributed by atoms with Crippen LogP contribution in [0.2, 0.25) is 0 Å². The second kappa shape index (κ2) is 4.45. The summed E-state index contributed by atoms with van der Waals surface area (Å²) in [6.07, 6.45) is 2.17. The SMILES string of the molecule is O=S(=O)(Oc1ccc2c(c1)-c1cccnc1C2)C(F)(F)F. The monoisotopic (exact) mass is 315 g/mol. The molecule has 0 saturated carbocycles. The Kier molecular flexibility index (Phi) is 2.94. The van der Waals surface area contributed by atoms with Crippen LogP contribution in [-0.4, -0.2) is 18.9 Å². The summed E-state index contributed by atoms with van der Waals surface area (Å²) in [5.74, 6) is -0.372. The first-order valence-electron chi connectivity index (χ1n) is 5.86. The summed E-state index contributed by atoms with van der Waals surface area (Å²) < 4.78 is 63.1. The molecule has 21 heavy (non-hydrogen) atoms. The summed E-state index contributed by atoms with van der Waals surface area (Å²) in [5, 5.41) is 0. The molecule has 0 amide bonds. The van der Waals surface area contributed by atoms with Gasteiger partial charge in [-0.15, -0.1) is 0 Å². The van der Waals surface area contributed by atoms with Crippen LogP contribution in [0.3, 0.4) is 0 Å². The number of aromatic nitrogens is 1. The van der Waals surface area contributed by atoms with Gasteiger partial charge in [0, 0.05) is 18.2 Å². The van der Waals surface area contributed by atoms with E-state index in [0.717, 1.165) is 16.8 Å². The van der Waals surface area contributed by atoms with Crippen molar-refractivity contribution in [2.45, 2.75) is 11.9 Å². The standard InChI is InChI=1S/C13H8F3NO3S/c14-13(15,16)21(18,19)20-9-4-3-8-6-12-10(11(8)7-9)2-1-5-17-12/h1-5,7H,6H2. The predicted molar refractivity (Wildman–Crippen MR) is 68.1 cm³/mol. The van der Waals surface area contributed by atoms with Crippen molar-refractivity contribution < 1.29 is 25.8 Å². The molecule has 1 heterocycles. The molecule has 0 fully saturated rings. The zero-order valence-corrected chi connectivity index (χ0v) is 11.2. The molecule has 1 aromatic heterocycles. The van der Waals surface area contributed by atoms with Crippen LogP contribution in [0.1, 0.15) is 11.3 Å². The van der Waals surface area contributed by atoms with Gasteiger partial charge < -0.3 is 4.18 Å². The lowest BCUT2D eigenvalue weighted by Crippen LogP contribution is -2.28. The van der Waals surface area contributed by atoms with Crippen LogP contribution in [0.4, 0.5) is 13.2 Å². The molecule has 8 heteroatoms. The highest BCUT2D eigenvalue weighted by Crippen LogP contribution is 2.38. The van der Waals surface area contributed by atoms with Crippen molar-refractivity contribution in [2.75, 3.05) is 0 Å². The molecule has 4 nitrogen and oxygen atoms in total. The van der Waals surface area contributed by atoms with Gasteiger partial charge in [-0.25, -0.2) is 0 Å². The van der Waals surface area contributed by atoms with Gasteiger partial charge >= 0.3 is 15.6 Å². The Morgan fingerprint density at radius 3 is 2.62 bits per heavy atom. The molecular formula is C13H8F3NO3S. The van der Waals surface area contributed by atoms with Crippen molar-refractivity contribution in [1.82, 2.24) is 4.98 Å². The molecular weight excluding hydrogens is 307 g/mol. The Labute approximate surface area is 118 Å². The van der Waals surface area contributed by atoms with Crippen LogP contribution in [0.15, 0.2) is 36.5 Å². The first-order valence-corrected chi connectivity index (χ1v) is 7.27. The maximum atomic E-state index is 12.3. The number of hydrogen-bond donors (Lipinski definition) is 0. The van der Waals surface area contributed by atoms with Gasteiger partial charge in [0.15, 0.2) is 0 Å². The Hall–Kier alpha value is -2.09. The second-order valence-corrected chi connectivity index (χ2v) is 6.01. The van der Waals surface area contributed by atoms with E-state index in [1.54, 1.807) is 18.3 Å². The molecule has 0 spiro atoms. The van der Waals surface area contributed by atoms with Crippen LogP contribution >= 0.6 is 0 Å². The first kappa shape index (κ1) is 13.9. The number of fused-ring (bicyclic) bond motifs is 3. The average Bonchev–Trinajstić information content (AvgIpc) is 2.75. The van der Waals surface area contributed by atoms with Gasteiger partial charge in [0.2, 0.25) is 0 Å². The third-order valence-corrected chi connectivity index (χ3v) is 4.09. The molecule has 1 aromatic carbocycles. The second-order valence-electron chi connectivity index (χ2n) is 4.48. The van der Waals surface area contributed by atoms with Gasteiger partial charge in [-0.05, 0) is 29.3 Å². The largest absolute Gasteiger partial charge is 0.534 e. The highest BCUT2D eigenvalue weighted by atomic mass is 32.2. The number of pyridine rings is 1. The number of alkyl halides is 3. The van der Waals surface area contributed by atoms with Crippen molar-refractivity contribution in [1.29, 1.82) is 0 Å². The minimum Gasteiger partial charge on any atom is -0.376 e. The molecule has 0 N–H and O–H groups in total. The predicted octanol–water partition coefficient (Wildman–Crippen LogP) is 2.88. The molecule has 0 unspecified atom stereocenters. The molecule has 2 aromatic rings. The van der Waals surface area contributed by atoms with E-state index in [-0.39, 0.29) is 5.75 Å². The Morgan fingerprint density at radius 1 is 1.14 bits per heavy atom. The molecule has 1 aliphatic rings. The number of halogens is 3. The van der Waals surface area contributed by atoms with Gasteiger partial charge in [0.05, 0.1) is 5.69 Å². The number of nitrogens with zero attached hydrogens (tertiary/aromatic N) is 1. The zero-order chi connectivity index (χ0) is 15.3. The summed E-state index contributed by atoms with van der Waals surface area (Å²) in [6, 6.07) is 7.50. The van der Waals surface area contributed by atoms with Crippen LogP contribution in [0, 0.1) is 0 Å². The lowest BCUT2D eigenvalue weighted by molar-refractivity contribution is -0.0500. The van der Waals surface area contributed by atoms with Crippen molar-refractivity contribution in [3.05, 3.63) is 47.8 Å². The maximum Gasteiger partial charge on any atom is 0.534 e. The van der Waals surface area contributed by atoms with E-state index in [4.69, 9.17) is 0 Å². The van der Waals surface area contributed by atoms with E-state index >= 15 is 0 Å². The van der Waals surface area contributed by atoms with E-state index in [1.165, 1.54) is 18.2 Å². The average molecular weight is 315 g/mol. The number of rotatable bonds is 2. The summed E-state index contributed by atoms with van der Waals surface area (Å²) in [6.45, 7) is 0. The zero-order valence-electron chi connectivity index (χ0n) is 10.4. The van der Waals surface area contributed by atoms with Gasteiger partial charge in [0.25, 0.3) is 0 Å². The van der Waals surface area contributed by atoms with E-state index in [1.807, 2.05) is 0 Å². The third-order valence-electron chi connectivity index (χ3n) is 3.11.